The van der Waals surface area contributed by atoms with E-state index in [-0.39, 0.29) is 41.4 Å². The molecule has 33 heavy (non-hydrogen) atoms. The molecule has 5 heteroatoms. The summed E-state index contributed by atoms with van der Waals surface area (Å²) in [5, 5.41) is 3.08. The van der Waals surface area contributed by atoms with Crippen LogP contribution in [0.2, 0.25) is 0 Å². The first-order valence-electron chi connectivity index (χ1n) is 12.1. The fraction of sp³-hybridized carbons (Fsp3) is 0.393. The van der Waals surface area contributed by atoms with Crippen LogP contribution < -0.4 is 10.2 Å². The lowest BCUT2D eigenvalue weighted by Gasteiger charge is -2.37. The van der Waals surface area contributed by atoms with Gasteiger partial charge in [-0.15, -0.1) is 0 Å². The second-order valence-corrected chi connectivity index (χ2v) is 9.83. The number of nitrogens with zero attached hydrogens (tertiary/aromatic N) is 1. The summed E-state index contributed by atoms with van der Waals surface area (Å²) in [6.45, 7) is 4.15. The zero-order chi connectivity index (χ0) is 22.9. The molecule has 2 aromatic carbocycles. The highest BCUT2D eigenvalue weighted by molar-refractivity contribution is 6.22. The summed E-state index contributed by atoms with van der Waals surface area (Å²) in [5.74, 6) is 0.839. The largest absolute Gasteiger partial charge is 0.321 e. The van der Waals surface area contributed by atoms with Gasteiger partial charge in [-0.05, 0) is 78.3 Å². The fourth-order valence-electron chi connectivity index (χ4n) is 6.56. The molecular weight excluding hydrogens is 412 g/mol. The van der Waals surface area contributed by atoms with E-state index in [1.165, 1.54) is 4.90 Å². The molecule has 1 N–H and O–H groups in total. The van der Waals surface area contributed by atoms with E-state index in [2.05, 4.69) is 31.3 Å². The van der Waals surface area contributed by atoms with Gasteiger partial charge in [0.1, 0.15) is 0 Å². The second-order valence-electron chi connectivity index (χ2n) is 9.83. The third-order valence-electron chi connectivity index (χ3n) is 8.29. The Balaban J connectivity index is 1.23. The smallest absolute Gasteiger partial charge is 0.255 e. The van der Waals surface area contributed by atoms with Crippen molar-refractivity contribution in [2.75, 3.05) is 10.2 Å². The van der Waals surface area contributed by atoms with Crippen LogP contribution in [0.3, 0.4) is 0 Å². The van der Waals surface area contributed by atoms with E-state index in [0.717, 1.165) is 36.1 Å². The van der Waals surface area contributed by atoms with Crippen LogP contribution in [0.25, 0.3) is 0 Å². The highest BCUT2D eigenvalue weighted by Crippen LogP contribution is 2.65. The van der Waals surface area contributed by atoms with Crippen molar-refractivity contribution in [1.82, 2.24) is 0 Å². The molecule has 4 aliphatic carbocycles. The number of rotatable bonds is 5. The zero-order valence-corrected chi connectivity index (χ0v) is 19.0. The average Bonchev–Trinajstić information content (AvgIpc) is 3.62. The van der Waals surface area contributed by atoms with Gasteiger partial charge in [0.05, 0.1) is 17.5 Å². The van der Waals surface area contributed by atoms with Gasteiger partial charge in [0.15, 0.2) is 0 Å². The van der Waals surface area contributed by atoms with Crippen LogP contribution >= 0.6 is 0 Å². The van der Waals surface area contributed by atoms with Crippen molar-refractivity contribution in [3.05, 3.63) is 71.3 Å². The lowest BCUT2D eigenvalue weighted by Crippen LogP contribution is -2.40. The van der Waals surface area contributed by atoms with Gasteiger partial charge in [-0.2, -0.15) is 0 Å². The average molecular weight is 441 g/mol. The zero-order valence-electron chi connectivity index (χ0n) is 19.0. The molecule has 6 atom stereocenters. The van der Waals surface area contributed by atoms with E-state index >= 15 is 0 Å². The molecule has 0 aromatic heterocycles. The molecule has 2 saturated carbocycles. The summed E-state index contributed by atoms with van der Waals surface area (Å²) in [6, 6.07) is 13.0. The standard InChI is InChI=1S/C28H28N2O3/c1-3-15-6-5-7-16(4-2)25(15)29-26(31)17-8-10-18(11-9-17)30-27(32)23-19-12-13-20(22-14-21(19)22)24(23)28(30)33/h5-13,19-24H,3-4,14H2,1-2H3,(H,29,31)/t19-,20-,21-,22+,23-,24+/m0/s1. The van der Waals surface area contributed by atoms with Crippen LogP contribution in [0.1, 0.15) is 41.8 Å². The number of benzene rings is 2. The minimum Gasteiger partial charge on any atom is -0.321 e. The summed E-state index contributed by atoms with van der Waals surface area (Å²) in [6.07, 6.45) is 7.19. The van der Waals surface area contributed by atoms with Crippen molar-refractivity contribution in [3.63, 3.8) is 0 Å². The number of carbonyl (C=O) groups excluding carboxylic acids is 3. The van der Waals surface area contributed by atoms with Gasteiger partial charge in [0.2, 0.25) is 11.8 Å². The molecule has 1 heterocycles. The van der Waals surface area contributed by atoms with Crippen LogP contribution in [-0.4, -0.2) is 17.7 Å². The van der Waals surface area contributed by atoms with Crippen LogP contribution in [0.15, 0.2) is 54.6 Å². The number of hydrogen-bond donors (Lipinski definition) is 1. The van der Waals surface area contributed by atoms with Crippen molar-refractivity contribution in [3.8, 4) is 0 Å². The van der Waals surface area contributed by atoms with E-state index in [1.807, 2.05) is 18.2 Å². The highest BCUT2D eigenvalue weighted by atomic mass is 16.2. The number of amides is 3. The van der Waals surface area contributed by atoms with Gasteiger partial charge in [0.25, 0.3) is 5.91 Å². The molecule has 168 valence electrons. The Morgan fingerprint density at radius 1 is 0.879 bits per heavy atom. The summed E-state index contributed by atoms with van der Waals surface area (Å²) < 4.78 is 0. The number of imide groups is 1. The Labute approximate surface area is 193 Å². The molecule has 0 spiro atoms. The monoisotopic (exact) mass is 440 g/mol. The molecule has 2 bridgehead atoms. The van der Waals surface area contributed by atoms with Crippen LogP contribution in [-0.2, 0) is 22.4 Å². The number of carbonyl (C=O) groups is 3. The number of nitrogens with one attached hydrogen (secondary N) is 1. The predicted octanol–water partition coefficient (Wildman–Crippen LogP) is 4.62. The number of aryl methyl sites for hydroxylation is 2. The highest BCUT2D eigenvalue weighted by Gasteiger charge is 2.67. The molecule has 3 amide bonds. The topological polar surface area (TPSA) is 66.5 Å². The maximum Gasteiger partial charge on any atom is 0.255 e. The molecule has 7 rings (SSSR count). The minimum absolute atomic E-state index is 0.0728. The number of allylic oxidation sites excluding steroid dienone is 2. The summed E-state index contributed by atoms with van der Waals surface area (Å²) in [7, 11) is 0. The van der Waals surface area contributed by atoms with Gasteiger partial charge in [-0.1, -0.05) is 44.2 Å². The molecule has 0 unspecified atom stereocenters. The SMILES string of the molecule is CCc1cccc(CC)c1NC(=O)c1ccc(N2C(=O)[C@@H]3[C@H]4C=C[C@@H]([C@@H]5C[C@H]45)[C@@H]3C2=O)cc1. The quantitative estimate of drug-likeness (QED) is 0.545. The summed E-state index contributed by atoms with van der Waals surface area (Å²) in [5.41, 5.74) is 4.17. The maximum absolute atomic E-state index is 13.3. The Morgan fingerprint density at radius 2 is 1.42 bits per heavy atom. The molecule has 0 radical (unpaired) electrons. The Hall–Kier alpha value is -3.21. The van der Waals surface area contributed by atoms with Crippen LogP contribution in [0, 0.1) is 35.5 Å². The lowest BCUT2D eigenvalue weighted by molar-refractivity contribution is -0.124. The molecule has 5 nitrogen and oxygen atoms in total. The fourth-order valence-corrected chi connectivity index (χ4v) is 6.56. The van der Waals surface area contributed by atoms with Gasteiger partial charge >= 0.3 is 0 Å². The summed E-state index contributed by atoms with van der Waals surface area (Å²) in [4.78, 5) is 41.0. The van der Waals surface area contributed by atoms with E-state index in [0.29, 0.717) is 23.1 Å². The molecular formula is C28H28N2O3. The third-order valence-corrected chi connectivity index (χ3v) is 8.29. The van der Waals surface area contributed by atoms with Crippen LogP contribution in [0.4, 0.5) is 11.4 Å². The van der Waals surface area contributed by atoms with E-state index in [1.54, 1.807) is 24.3 Å². The first kappa shape index (κ1) is 20.4. The van der Waals surface area contributed by atoms with Crippen molar-refractivity contribution < 1.29 is 14.4 Å². The van der Waals surface area contributed by atoms with Crippen LogP contribution in [0.5, 0.6) is 0 Å². The van der Waals surface area contributed by atoms with Gasteiger partial charge < -0.3 is 5.32 Å². The minimum atomic E-state index is -0.211. The molecule has 1 aliphatic heterocycles. The summed E-state index contributed by atoms with van der Waals surface area (Å²) >= 11 is 0. The lowest BCUT2D eigenvalue weighted by atomic mass is 9.63. The Morgan fingerprint density at radius 3 is 1.94 bits per heavy atom. The number of para-hydroxylation sites is 1. The first-order chi connectivity index (χ1) is 16.0. The van der Waals surface area contributed by atoms with Crippen molar-refractivity contribution in [1.29, 1.82) is 0 Å². The molecule has 5 aliphatic rings. The van der Waals surface area contributed by atoms with Crippen molar-refractivity contribution in [2.45, 2.75) is 33.1 Å². The molecule has 3 fully saturated rings. The van der Waals surface area contributed by atoms with Crippen molar-refractivity contribution in [2.24, 2.45) is 35.5 Å². The number of anilines is 2. The van der Waals surface area contributed by atoms with E-state index in [4.69, 9.17) is 0 Å². The van der Waals surface area contributed by atoms with Gasteiger partial charge in [-0.25, -0.2) is 0 Å². The second kappa shape index (κ2) is 7.41. The predicted molar refractivity (Wildman–Crippen MR) is 127 cm³/mol. The molecule has 2 aromatic rings. The number of hydrogen-bond acceptors (Lipinski definition) is 3. The van der Waals surface area contributed by atoms with E-state index in [9.17, 15) is 14.4 Å². The first-order valence-corrected chi connectivity index (χ1v) is 12.1. The van der Waals surface area contributed by atoms with Crippen molar-refractivity contribution >= 4 is 29.1 Å². The Bertz CT molecular complexity index is 1140. The normalized spacial score (nSPS) is 30.9. The van der Waals surface area contributed by atoms with Gasteiger partial charge in [0, 0.05) is 11.3 Å². The molecule has 1 saturated heterocycles. The van der Waals surface area contributed by atoms with Gasteiger partial charge in [-0.3, -0.25) is 19.3 Å². The maximum atomic E-state index is 13.3. The third kappa shape index (κ3) is 2.94. The Kier molecular flexibility index (Phi) is 4.58. The van der Waals surface area contributed by atoms with E-state index < -0.39 is 0 Å².